The Bertz CT molecular complexity index is 459. The van der Waals surface area contributed by atoms with E-state index in [0.717, 1.165) is 25.1 Å². The predicted molar refractivity (Wildman–Crippen MR) is 86.0 cm³/mol. The van der Waals surface area contributed by atoms with E-state index < -0.39 is 4.92 Å². The lowest BCUT2D eigenvalue weighted by molar-refractivity contribution is -0.384. The number of nitrogens with one attached hydrogen (secondary N) is 1. The smallest absolute Gasteiger partial charge is 0.275 e. The van der Waals surface area contributed by atoms with Gasteiger partial charge in [0.15, 0.2) is 0 Å². The van der Waals surface area contributed by atoms with E-state index in [2.05, 4.69) is 19.2 Å². The van der Waals surface area contributed by atoms with Crippen molar-refractivity contribution < 1.29 is 9.66 Å². The fourth-order valence-corrected chi connectivity index (χ4v) is 2.04. The van der Waals surface area contributed by atoms with Crippen LogP contribution in [-0.4, -0.2) is 17.6 Å². The molecular formula is C16H26N2O3. The van der Waals surface area contributed by atoms with Gasteiger partial charge < -0.3 is 10.1 Å². The lowest BCUT2D eigenvalue weighted by Crippen LogP contribution is -2.07. The van der Waals surface area contributed by atoms with Crippen LogP contribution in [0.25, 0.3) is 0 Å². The summed E-state index contributed by atoms with van der Waals surface area (Å²) in [7, 11) is 0. The van der Waals surface area contributed by atoms with Crippen molar-refractivity contribution in [1.82, 2.24) is 0 Å². The average molecular weight is 294 g/mol. The Kier molecular flexibility index (Phi) is 6.99. The van der Waals surface area contributed by atoms with Crippen molar-refractivity contribution in [3.63, 3.8) is 0 Å². The molecule has 1 rings (SSSR count). The van der Waals surface area contributed by atoms with Crippen LogP contribution in [0.4, 0.5) is 11.4 Å². The van der Waals surface area contributed by atoms with E-state index in [9.17, 15) is 10.1 Å². The minimum Gasteiger partial charge on any atom is -0.491 e. The summed E-state index contributed by atoms with van der Waals surface area (Å²) >= 11 is 0. The van der Waals surface area contributed by atoms with E-state index in [1.807, 2.05) is 19.9 Å². The monoisotopic (exact) mass is 294 g/mol. The van der Waals surface area contributed by atoms with Crippen LogP contribution in [0.3, 0.4) is 0 Å². The van der Waals surface area contributed by atoms with Crippen molar-refractivity contribution in [2.24, 2.45) is 5.92 Å². The van der Waals surface area contributed by atoms with Crippen LogP contribution < -0.4 is 10.1 Å². The lowest BCUT2D eigenvalue weighted by atomic mass is 10.1. The Morgan fingerprint density at radius 2 is 1.90 bits per heavy atom. The highest BCUT2D eigenvalue weighted by Gasteiger charge is 2.11. The quantitative estimate of drug-likeness (QED) is 0.410. The third-order valence-corrected chi connectivity index (χ3v) is 3.01. The number of rotatable bonds is 9. The van der Waals surface area contributed by atoms with Gasteiger partial charge in [0.25, 0.3) is 5.69 Å². The number of nitro groups is 1. The molecule has 1 N–H and O–H groups in total. The van der Waals surface area contributed by atoms with Gasteiger partial charge in [0.1, 0.15) is 5.75 Å². The van der Waals surface area contributed by atoms with Crippen LogP contribution >= 0.6 is 0 Å². The van der Waals surface area contributed by atoms with Crippen LogP contribution in [0.15, 0.2) is 18.2 Å². The summed E-state index contributed by atoms with van der Waals surface area (Å²) < 4.78 is 5.56. The molecule has 0 amide bonds. The molecule has 0 saturated heterocycles. The molecule has 0 aliphatic carbocycles. The summed E-state index contributed by atoms with van der Waals surface area (Å²) in [6.45, 7) is 9.04. The highest BCUT2D eigenvalue weighted by Crippen LogP contribution is 2.26. The maximum Gasteiger partial charge on any atom is 0.275 e. The molecule has 0 spiro atoms. The van der Waals surface area contributed by atoms with E-state index in [-0.39, 0.29) is 11.8 Å². The summed E-state index contributed by atoms with van der Waals surface area (Å²) in [6.07, 6.45) is 3.42. The van der Waals surface area contributed by atoms with Gasteiger partial charge in [-0.15, -0.1) is 0 Å². The van der Waals surface area contributed by atoms with Crippen LogP contribution in [0.5, 0.6) is 5.75 Å². The first-order valence-electron chi connectivity index (χ1n) is 7.58. The number of nitro benzene ring substituents is 1. The molecule has 0 fully saturated rings. The third kappa shape index (κ3) is 6.97. The molecule has 0 aliphatic heterocycles. The van der Waals surface area contributed by atoms with Crippen LogP contribution in [0.1, 0.15) is 47.0 Å². The first-order chi connectivity index (χ1) is 9.88. The lowest BCUT2D eigenvalue weighted by Gasteiger charge is -2.12. The molecule has 0 aromatic heterocycles. The van der Waals surface area contributed by atoms with E-state index in [4.69, 9.17) is 4.74 Å². The van der Waals surface area contributed by atoms with Gasteiger partial charge in [-0.25, -0.2) is 0 Å². The molecule has 21 heavy (non-hydrogen) atoms. The normalized spacial score (nSPS) is 11.0. The fraction of sp³-hybridized carbons (Fsp3) is 0.625. The second-order valence-electron chi connectivity index (χ2n) is 5.96. The molecule has 0 atom stereocenters. The number of benzene rings is 1. The van der Waals surface area contributed by atoms with Crippen LogP contribution in [-0.2, 0) is 0 Å². The van der Waals surface area contributed by atoms with Crippen LogP contribution in [0.2, 0.25) is 0 Å². The Hall–Kier alpha value is -1.78. The van der Waals surface area contributed by atoms with Gasteiger partial charge in [-0.2, -0.15) is 0 Å². The van der Waals surface area contributed by atoms with Crippen molar-refractivity contribution in [2.45, 2.75) is 53.1 Å². The molecule has 0 saturated carbocycles. The third-order valence-electron chi connectivity index (χ3n) is 3.01. The number of non-ortho nitro benzene ring substituents is 1. The first kappa shape index (κ1) is 17.3. The summed E-state index contributed by atoms with van der Waals surface area (Å²) in [5.41, 5.74) is 0.794. The zero-order valence-electron chi connectivity index (χ0n) is 13.4. The molecule has 0 bridgehead atoms. The molecule has 0 unspecified atom stereocenters. The van der Waals surface area contributed by atoms with E-state index in [1.54, 1.807) is 6.07 Å². The van der Waals surface area contributed by atoms with Crippen molar-refractivity contribution in [3.8, 4) is 5.75 Å². The predicted octanol–water partition coefficient (Wildman–Crippen LogP) is 4.62. The van der Waals surface area contributed by atoms with Gasteiger partial charge in [-0.1, -0.05) is 26.7 Å². The summed E-state index contributed by atoms with van der Waals surface area (Å²) in [4.78, 5) is 10.6. The standard InChI is InChI=1S/C16H26N2O3/c1-12(2)7-5-6-8-17-14-9-15(18(19)20)11-16(10-14)21-13(3)4/h9-13,17H,5-8H2,1-4H3. The molecule has 1 aromatic carbocycles. The molecule has 0 heterocycles. The highest BCUT2D eigenvalue weighted by atomic mass is 16.6. The maximum atomic E-state index is 11.0. The molecule has 5 nitrogen and oxygen atoms in total. The SMILES string of the molecule is CC(C)CCCCNc1cc(OC(C)C)cc([N+](=O)[O-])c1. The number of unbranched alkanes of at least 4 members (excludes halogenated alkanes) is 1. The number of hydrogen-bond donors (Lipinski definition) is 1. The van der Waals surface area contributed by atoms with Gasteiger partial charge >= 0.3 is 0 Å². The molecule has 1 aromatic rings. The van der Waals surface area contributed by atoms with E-state index in [0.29, 0.717) is 11.7 Å². The van der Waals surface area contributed by atoms with Crippen molar-refractivity contribution in [1.29, 1.82) is 0 Å². The van der Waals surface area contributed by atoms with Crippen molar-refractivity contribution >= 4 is 11.4 Å². The molecule has 0 aliphatic rings. The summed E-state index contributed by atoms with van der Waals surface area (Å²) in [6, 6.07) is 4.83. The number of nitrogens with zero attached hydrogens (tertiary/aromatic N) is 1. The Labute approximate surface area is 126 Å². The largest absolute Gasteiger partial charge is 0.491 e. The Balaban J connectivity index is 2.63. The molecule has 5 heteroatoms. The van der Waals surface area contributed by atoms with Crippen LogP contribution in [0, 0.1) is 16.0 Å². The number of ether oxygens (including phenoxy) is 1. The Morgan fingerprint density at radius 1 is 1.19 bits per heavy atom. The summed E-state index contributed by atoms with van der Waals surface area (Å²) in [5, 5.41) is 14.2. The Morgan fingerprint density at radius 3 is 2.48 bits per heavy atom. The second-order valence-corrected chi connectivity index (χ2v) is 5.96. The second kappa shape index (κ2) is 8.49. The summed E-state index contributed by atoms with van der Waals surface area (Å²) in [5.74, 6) is 1.25. The van der Waals surface area contributed by atoms with Gasteiger partial charge in [-0.3, -0.25) is 10.1 Å². The first-order valence-corrected chi connectivity index (χ1v) is 7.58. The van der Waals surface area contributed by atoms with Gasteiger partial charge in [0, 0.05) is 24.4 Å². The highest BCUT2D eigenvalue weighted by molar-refractivity contribution is 5.56. The molecular weight excluding hydrogens is 268 g/mol. The minimum atomic E-state index is -0.392. The van der Waals surface area contributed by atoms with Crippen molar-refractivity contribution in [3.05, 3.63) is 28.3 Å². The number of anilines is 1. The zero-order chi connectivity index (χ0) is 15.8. The average Bonchev–Trinajstić information content (AvgIpc) is 2.36. The number of hydrogen-bond acceptors (Lipinski definition) is 4. The molecule has 118 valence electrons. The van der Waals surface area contributed by atoms with Gasteiger partial charge in [0.05, 0.1) is 17.1 Å². The van der Waals surface area contributed by atoms with E-state index in [1.165, 1.54) is 12.5 Å². The fourth-order valence-electron chi connectivity index (χ4n) is 2.04. The topological polar surface area (TPSA) is 64.4 Å². The van der Waals surface area contributed by atoms with Gasteiger partial charge in [-0.05, 0) is 26.2 Å². The molecule has 0 radical (unpaired) electrons. The maximum absolute atomic E-state index is 11.0. The van der Waals surface area contributed by atoms with Crippen molar-refractivity contribution in [2.75, 3.05) is 11.9 Å². The van der Waals surface area contributed by atoms with E-state index >= 15 is 0 Å². The van der Waals surface area contributed by atoms with Gasteiger partial charge in [0.2, 0.25) is 0 Å². The minimum absolute atomic E-state index is 0.00843. The zero-order valence-corrected chi connectivity index (χ0v) is 13.4.